The highest BCUT2D eigenvalue weighted by atomic mass is 35.5. The first kappa shape index (κ1) is 13.2. The van der Waals surface area contributed by atoms with E-state index in [1.54, 1.807) is 11.3 Å². The number of benzene rings is 1. The number of halogens is 1. The number of hydrogen-bond donors (Lipinski definition) is 0. The van der Waals surface area contributed by atoms with Crippen LogP contribution in [-0.2, 0) is 12.8 Å². The number of thiophene rings is 1. The number of aryl methyl sites for hydroxylation is 3. The molecule has 0 bridgehead atoms. The molecule has 0 spiro atoms. The molecule has 0 atom stereocenters. The zero-order valence-electron chi connectivity index (χ0n) is 11.8. The van der Waals surface area contributed by atoms with Crippen molar-refractivity contribution in [1.82, 2.24) is 9.97 Å². The number of aromatic nitrogens is 2. The lowest BCUT2D eigenvalue weighted by Crippen LogP contribution is -1.99. The summed E-state index contributed by atoms with van der Waals surface area (Å²) in [5, 5.41) is 1.70. The van der Waals surface area contributed by atoms with Crippen molar-refractivity contribution in [2.45, 2.75) is 32.6 Å². The lowest BCUT2D eigenvalue weighted by molar-refractivity contribution is 0.700. The molecule has 4 rings (SSSR count). The predicted molar refractivity (Wildman–Crippen MR) is 89.2 cm³/mol. The van der Waals surface area contributed by atoms with Crippen LogP contribution in [-0.4, -0.2) is 9.97 Å². The zero-order chi connectivity index (χ0) is 14.4. The van der Waals surface area contributed by atoms with Crippen molar-refractivity contribution >= 4 is 33.2 Å². The molecule has 1 aliphatic rings. The van der Waals surface area contributed by atoms with Gasteiger partial charge in [-0.15, -0.1) is 11.3 Å². The van der Waals surface area contributed by atoms with Crippen molar-refractivity contribution in [3.8, 4) is 11.4 Å². The first-order valence-electron chi connectivity index (χ1n) is 7.28. The first-order chi connectivity index (χ1) is 10.2. The van der Waals surface area contributed by atoms with Crippen molar-refractivity contribution in [2.75, 3.05) is 0 Å². The Morgan fingerprint density at radius 2 is 1.90 bits per heavy atom. The van der Waals surface area contributed by atoms with Gasteiger partial charge in [0.1, 0.15) is 9.98 Å². The summed E-state index contributed by atoms with van der Waals surface area (Å²) in [6.45, 7) is 2.08. The lowest BCUT2D eigenvalue weighted by atomic mass is 9.97. The normalized spacial score (nSPS) is 14.4. The molecule has 21 heavy (non-hydrogen) atoms. The monoisotopic (exact) mass is 314 g/mol. The smallest absolute Gasteiger partial charge is 0.162 e. The molecule has 1 aliphatic carbocycles. The van der Waals surface area contributed by atoms with Gasteiger partial charge in [-0.3, -0.25) is 0 Å². The zero-order valence-corrected chi connectivity index (χ0v) is 13.4. The minimum absolute atomic E-state index is 0.609. The van der Waals surface area contributed by atoms with E-state index in [4.69, 9.17) is 16.6 Å². The molecule has 0 unspecified atom stereocenters. The maximum absolute atomic E-state index is 6.50. The molecular weight excluding hydrogens is 300 g/mol. The van der Waals surface area contributed by atoms with Crippen LogP contribution in [0.1, 0.15) is 28.8 Å². The number of hydrogen-bond acceptors (Lipinski definition) is 3. The minimum Gasteiger partial charge on any atom is -0.217 e. The molecule has 0 aliphatic heterocycles. The second-order valence-corrected chi connectivity index (χ2v) is 6.99. The Kier molecular flexibility index (Phi) is 3.20. The van der Waals surface area contributed by atoms with Crippen molar-refractivity contribution < 1.29 is 0 Å². The van der Waals surface area contributed by atoms with Gasteiger partial charge in [0.25, 0.3) is 0 Å². The highest BCUT2D eigenvalue weighted by Gasteiger charge is 2.20. The van der Waals surface area contributed by atoms with E-state index in [9.17, 15) is 0 Å². The number of rotatable bonds is 1. The summed E-state index contributed by atoms with van der Waals surface area (Å²) in [7, 11) is 0. The Hall–Kier alpha value is -1.45. The maximum atomic E-state index is 6.50. The summed E-state index contributed by atoms with van der Waals surface area (Å²) < 4.78 is 0. The van der Waals surface area contributed by atoms with Crippen LogP contribution in [0.25, 0.3) is 21.6 Å². The second-order valence-electron chi connectivity index (χ2n) is 5.54. The van der Waals surface area contributed by atoms with Crippen LogP contribution in [0.3, 0.4) is 0 Å². The Labute approximate surface area is 132 Å². The largest absolute Gasteiger partial charge is 0.217 e. The van der Waals surface area contributed by atoms with Gasteiger partial charge in [0, 0.05) is 10.4 Å². The molecule has 0 fully saturated rings. The van der Waals surface area contributed by atoms with Crippen molar-refractivity contribution in [2.24, 2.45) is 0 Å². The average Bonchev–Trinajstić information content (AvgIpc) is 2.86. The van der Waals surface area contributed by atoms with Gasteiger partial charge in [0.2, 0.25) is 0 Å². The van der Waals surface area contributed by atoms with Crippen LogP contribution < -0.4 is 0 Å². The van der Waals surface area contributed by atoms with Gasteiger partial charge in [-0.05, 0) is 43.7 Å². The molecule has 1 aromatic carbocycles. The van der Waals surface area contributed by atoms with Gasteiger partial charge >= 0.3 is 0 Å². The lowest BCUT2D eigenvalue weighted by Gasteiger charge is -2.10. The van der Waals surface area contributed by atoms with Crippen LogP contribution in [0.15, 0.2) is 24.3 Å². The molecule has 3 aromatic rings. The van der Waals surface area contributed by atoms with E-state index in [-0.39, 0.29) is 0 Å². The van der Waals surface area contributed by atoms with Gasteiger partial charge in [0.05, 0.1) is 5.39 Å². The quantitative estimate of drug-likeness (QED) is 0.577. The van der Waals surface area contributed by atoms with Crippen LogP contribution in [0.5, 0.6) is 0 Å². The third-order valence-electron chi connectivity index (χ3n) is 4.16. The summed E-state index contributed by atoms with van der Waals surface area (Å²) in [6.07, 6.45) is 4.79. The van der Waals surface area contributed by atoms with Crippen LogP contribution in [0.4, 0.5) is 0 Å². The van der Waals surface area contributed by atoms with Gasteiger partial charge in [-0.25, -0.2) is 9.97 Å². The third-order valence-corrected chi connectivity index (χ3v) is 5.62. The van der Waals surface area contributed by atoms with E-state index in [1.165, 1.54) is 28.8 Å². The molecule has 4 heteroatoms. The number of fused-ring (bicyclic) bond motifs is 3. The number of nitrogens with zero attached hydrogens (tertiary/aromatic N) is 2. The Balaban J connectivity index is 1.96. The van der Waals surface area contributed by atoms with Crippen molar-refractivity contribution in [3.05, 3.63) is 45.4 Å². The van der Waals surface area contributed by atoms with Crippen LogP contribution >= 0.6 is 22.9 Å². The average molecular weight is 315 g/mol. The van der Waals surface area contributed by atoms with E-state index in [2.05, 4.69) is 24.0 Å². The fraction of sp³-hybridized carbons (Fsp3) is 0.294. The fourth-order valence-corrected chi connectivity index (χ4v) is 4.66. The van der Waals surface area contributed by atoms with E-state index < -0.39 is 0 Å². The molecule has 2 aromatic heterocycles. The van der Waals surface area contributed by atoms with E-state index in [0.717, 1.165) is 34.4 Å². The van der Waals surface area contributed by atoms with E-state index in [0.29, 0.717) is 5.15 Å². The van der Waals surface area contributed by atoms with Crippen molar-refractivity contribution in [1.29, 1.82) is 0 Å². The van der Waals surface area contributed by atoms with Crippen LogP contribution in [0.2, 0.25) is 5.15 Å². The van der Waals surface area contributed by atoms with E-state index >= 15 is 0 Å². The molecule has 0 N–H and O–H groups in total. The highest BCUT2D eigenvalue weighted by molar-refractivity contribution is 7.19. The predicted octanol–water partition coefficient (Wildman–Crippen LogP) is 5.20. The Morgan fingerprint density at radius 1 is 1.10 bits per heavy atom. The molecule has 0 radical (unpaired) electrons. The topological polar surface area (TPSA) is 25.8 Å². The summed E-state index contributed by atoms with van der Waals surface area (Å²) in [5.41, 5.74) is 3.63. The molecule has 2 nitrogen and oxygen atoms in total. The summed E-state index contributed by atoms with van der Waals surface area (Å²) >= 11 is 8.29. The SMILES string of the molecule is Cc1ccccc1-c1nc(Cl)c2c3c(sc2n1)CCCC3. The van der Waals surface area contributed by atoms with E-state index in [1.807, 2.05) is 12.1 Å². The van der Waals surface area contributed by atoms with Gasteiger partial charge in [-0.2, -0.15) is 0 Å². The summed E-state index contributed by atoms with van der Waals surface area (Å²) in [4.78, 5) is 11.9. The van der Waals surface area contributed by atoms with Gasteiger partial charge < -0.3 is 0 Å². The third kappa shape index (κ3) is 2.16. The Bertz CT molecular complexity index is 838. The summed E-state index contributed by atoms with van der Waals surface area (Å²) in [6, 6.07) is 8.18. The molecule has 106 valence electrons. The van der Waals surface area contributed by atoms with Crippen molar-refractivity contribution in [3.63, 3.8) is 0 Å². The minimum atomic E-state index is 0.609. The molecule has 2 heterocycles. The van der Waals surface area contributed by atoms with Gasteiger partial charge in [0.15, 0.2) is 5.82 Å². The Morgan fingerprint density at radius 3 is 2.76 bits per heavy atom. The highest BCUT2D eigenvalue weighted by Crippen LogP contribution is 2.39. The second kappa shape index (κ2) is 5.08. The van der Waals surface area contributed by atoms with Crippen LogP contribution in [0, 0.1) is 6.92 Å². The summed E-state index contributed by atoms with van der Waals surface area (Å²) in [5.74, 6) is 0.740. The fourth-order valence-electron chi connectivity index (χ4n) is 3.06. The molecular formula is C17H15ClN2S. The maximum Gasteiger partial charge on any atom is 0.162 e. The molecule has 0 saturated heterocycles. The van der Waals surface area contributed by atoms with Gasteiger partial charge in [-0.1, -0.05) is 35.9 Å². The molecule has 0 amide bonds. The first-order valence-corrected chi connectivity index (χ1v) is 8.47. The molecule has 0 saturated carbocycles. The standard InChI is InChI=1S/C17H15ClN2S/c1-10-6-2-3-7-11(10)16-19-15(18)14-12-8-4-5-9-13(12)21-17(14)20-16/h2-3,6-7H,4-5,8-9H2,1H3.